The molecular weight excluding hydrogens is 282 g/mol. The van der Waals surface area contributed by atoms with Gasteiger partial charge in [-0.3, -0.25) is 4.79 Å². The monoisotopic (exact) mass is 303 g/mol. The maximum absolute atomic E-state index is 12.7. The Labute approximate surface area is 129 Å². The molecular formula is C16H21N3O3. The van der Waals surface area contributed by atoms with Crippen molar-refractivity contribution in [2.45, 2.75) is 19.9 Å². The first-order valence-corrected chi connectivity index (χ1v) is 7.64. The Morgan fingerprint density at radius 1 is 1.27 bits per heavy atom. The molecule has 0 bridgehead atoms. The predicted molar refractivity (Wildman–Crippen MR) is 83.7 cm³/mol. The van der Waals surface area contributed by atoms with Gasteiger partial charge in [-0.25, -0.2) is 0 Å². The summed E-state index contributed by atoms with van der Waals surface area (Å²) in [6.07, 6.45) is 0. The molecule has 1 aromatic carbocycles. The minimum absolute atomic E-state index is 0.0700. The predicted octanol–water partition coefficient (Wildman–Crippen LogP) is 2.12. The highest BCUT2D eigenvalue weighted by Crippen LogP contribution is 2.21. The van der Waals surface area contributed by atoms with Gasteiger partial charge in [0.15, 0.2) is 5.58 Å². The zero-order valence-electron chi connectivity index (χ0n) is 12.9. The van der Waals surface area contributed by atoms with Gasteiger partial charge in [-0.2, -0.15) is 4.98 Å². The molecule has 3 rings (SSSR count). The molecule has 1 saturated heterocycles. The van der Waals surface area contributed by atoms with Crippen molar-refractivity contribution < 1.29 is 13.9 Å². The van der Waals surface area contributed by atoms with E-state index in [0.717, 1.165) is 5.52 Å². The van der Waals surface area contributed by atoms with E-state index < -0.39 is 0 Å². The molecule has 0 saturated carbocycles. The van der Waals surface area contributed by atoms with Crippen LogP contribution in [-0.4, -0.2) is 48.1 Å². The fourth-order valence-corrected chi connectivity index (χ4v) is 2.56. The van der Waals surface area contributed by atoms with E-state index in [4.69, 9.17) is 9.15 Å². The van der Waals surface area contributed by atoms with Gasteiger partial charge in [0.05, 0.1) is 13.2 Å². The first-order valence-electron chi connectivity index (χ1n) is 7.64. The van der Waals surface area contributed by atoms with Crippen LogP contribution in [0, 0.1) is 5.92 Å². The zero-order chi connectivity index (χ0) is 15.5. The molecule has 0 radical (unpaired) electrons. The summed E-state index contributed by atoms with van der Waals surface area (Å²) in [7, 11) is 0. The van der Waals surface area contributed by atoms with E-state index in [9.17, 15) is 4.79 Å². The maximum atomic E-state index is 12.7. The molecule has 6 nitrogen and oxygen atoms in total. The van der Waals surface area contributed by atoms with Gasteiger partial charge in [-0.05, 0) is 18.1 Å². The molecule has 6 heteroatoms. The van der Waals surface area contributed by atoms with Crippen molar-refractivity contribution in [3.8, 4) is 0 Å². The third-order valence-electron chi connectivity index (χ3n) is 3.83. The molecule has 1 unspecified atom stereocenters. The summed E-state index contributed by atoms with van der Waals surface area (Å²) in [4.78, 5) is 18.9. The number of aromatic nitrogens is 1. The molecule has 0 spiro atoms. The van der Waals surface area contributed by atoms with Gasteiger partial charge >= 0.3 is 0 Å². The molecule has 1 N–H and O–H groups in total. The Kier molecular flexibility index (Phi) is 4.29. The second-order valence-corrected chi connectivity index (χ2v) is 5.79. The van der Waals surface area contributed by atoms with Crippen LogP contribution in [0.3, 0.4) is 0 Å². The first-order chi connectivity index (χ1) is 10.6. The number of morpholine rings is 1. The minimum atomic E-state index is -0.355. The lowest BCUT2D eigenvalue weighted by Gasteiger charge is -2.31. The molecule has 0 aliphatic carbocycles. The Morgan fingerprint density at radius 3 is 2.68 bits per heavy atom. The van der Waals surface area contributed by atoms with Crippen LogP contribution in [-0.2, 0) is 9.53 Å². The van der Waals surface area contributed by atoms with Gasteiger partial charge in [-0.1, -0.05) is 26.0 Å². The highest BCUT2D eigenvalue weighted by Gasteiger charge is 2.29. The Balaban J connectivity index is 1.77. The van der Waals surface area contributed by atoms with Crippen LogP contribution in [0.1, 0.15) is 13.8 Å². The number of hydrogen-bond donors (Lipinski definition) is 1. The number of carbonyl (C=O) groups is 1. The van der Waals surface area contributed by atoms with Crippen LogP contribution in [0.5, 0.6) is 0 Å². The van der Waals surface area contributed by atoms with E-state index in [-0.39, 0.29) is 17.9 Å². The number of fused-ring (bicyclic) bond motifs is 1. The van der Waals surface area contributed by atoms with Crippen LogP contribution >= 0.6 is 0 Å². The van der Waals surface area contributed by atoms with Gasteiger partial charge < -0.3 is 19.4 Å². The van der Waals surface area contributed by atoms with Crippen molar-refractivity contribution in [1.82, 2.24) is 9.88 Å². The van der Waals surface area contributed by atoms with E-state index in [2.05, 4.69) is 10.3 Å². The number of hydrogen-bond acceptors (Lipinski definition) is 5. The van der Waals surface area contributed by atoms with Crippen LogP contribution in [0.4, 0.5) is 6.01 Å². The minimum Gasteiger partial charge on any atom is -0.424 e. The van der Waals surface area contributed by atoms with Crippen molar-refractivity contribution in [2.24, 2.45) is 5.92 Å². The largest absolute Gasteiger partial charge is 0.424 e. The highest BCUT2D eigenvalue weighted by molar-refractivity contribution is 5.85. The number of rotatable bonds is 4. The summed E-state index contributed by atoms with van der Waals surface area (Å²) in [5.74, 6) is 0.200. The average Bonchev–Trinajstić information content (AvgIpc) is 2.95. The standard InChI is InChI=1S/C16H21N3O3/c1-11(2)14(15(20)19-7-9-21-10-8-19)18-16-17-12-5-3-4-6-13(12)22-16/h3-6,11,14H,7-10H2,1-2H3,(H,17,18). The van der Waals surface area contributed by atoms with E-state index in [1.807, 2.05) is 43.0 Å². The van der Waals surface area contributed by atoms with Crippen LogP contribution in [0.2, 0.25) is 0 Å². The van der Waals surface area contributed by atoms with Crippen molar-refractivity contribution in [3.05, 3.63) is 24.3 Å². The van der Waals surface area contributed by atoms with Gasteiger partial charge in [-0.15, -0.1) is 0 Å². The number of para-hydroxylation sites is 2. The molecule has 1 aliphatic rings. The quantitative estimate of drug-likeness (QED) is 0.937. The molecule has 118 valence electrons. The molecule has 1 aromatic heterocycles. The number of anilines is 1. The summed E-state index contributed by atoms with van der Waals surface area (Å²) in [6.45, 7) is 6.49. The van der Waals surface area contributed by atoms with E-state index in [1.165, 1.54) is 0 Å². The lowest BCUT2D eigenvalue weighted by molar-refractivity contribution is -0.137. The fraction of sp³-hybridized carbons (Fsp3) is 0.500. The van der Waals surface area contributed by atoms with Crippen molar-refractivity contribution in [3.63, 3.8) is 0 Å². The molecule has 1 aliphatic heterocycles. The number of nitrogens with one attached hydrogen (secondary N) is 1. The van der Waals surface area contributed by atoms with Gasteiger partial charge in [0.1, 0.15) is 11.6 Å². The number of nitrogens with zero attached hydrogens (tertiary/aromatic N) is 2. The van der Waals surface area contributed by atoms with E-state index in [0.29, 0.717) is 37.9 Å². The summed E-state index contributed by atoms with van der Waals surface area (Å²) in [6, 6.07) is 7.59. The fourth-order valence-electron chi connectivity index (χ4n) is 2.56. The molecule has 2 heterocycles. The second-order valence-electron chi connectivity index (χ2n) is 5.79. The van der Waals surface area contributed by atoms with Crippen molar-refractivity contribution in [2.75, 3.05) is 31.6 Å². The summed E-state index contributed by atoms with van der Waals surface area (Å²) in [5.41, 5.74) is 1.50. The summed E-state index contributed by atoms with van der Waals surface area (Å²) < 4.78 is 11.0. The average molecular weight is 303 g/mol. The Bertz CT molecular complexity index is 614. The lowest BCUT2D eigenvalue weighted by Crippen LogP contribution is -2.49. The first kappa shape index (κ1) is 14.8. The third-order valence-corrected chi connectivity index (χ3v) is 3.83. The second kappa shape index (κ2) is 6.36. The third kappa shape index (κ3) is 3.06. The molecule has 1 atom stereocenters. The number of carbonyl (C=O) groups excluding carboxylic acids is 1. The smallest absolute Gasteiger partial charge is 0.296 e. The molecule has 1 fully saturated rings. The SMILES string of the molecule is CC(C)C(Nc1nc2ccccc2o1)C(=O)N1CCOCC1. The van der Waals surface area contributed by atoms with Crippen molar-refractivity contribution in [1.29, 1.82) is 0 Å². The summed E-state index contributed by atoms with van der Waals surface area (Å²) in [5, 5.41) is 3.16. The number of oxazole rings is 1. The van der Waals surface area contributed by atoms with Gasteiger partial charge in [0.25, 0.3) is 6.01 Å². The number of amides is 1. The zero-order valence-corrected chi connectivity index (χ0v) is 12.9. The summed E-state index contributed by atoms with van der Waals surface area (Å²) >= 11 is 0. The van der Waals surface area contributed by atoms with E-state index in [1.54, 1.807) is 0 Å². The Morgan fingerprint density at radius 2 is 2.00 bits per heavy atom. The lowest BCUT2D eigenvalue weighted by atomic mass is 10.0. The maximum Gasteiger partial charge on any atom is 0.296 e. The van der Waals surface area contributed by atoms with Gasteiger partial charge in [0.2, 0.25) is 5.91 Å². The van der Waals surface area contributed by atoms with Crippen molar-refractivity contribution >= 4 is 23.0 Å². The van der Waals surface area contributed by atoms with Crippen LogP contribution in [0.15, 0.2) is 28.7 Å². The normalized spacial score (nSPS) is 17.0. The topological polar surface area (TPSA) is 67.6 Å². The van der Waals surface area contributed by atoms with Crippen LogP contribution in [0.25, 0.3) is 11.1 Å². The molecule has 22 heavy (non-hydrogen) atoms. The van der Waals surface area contributed by atoms with E-state index >= 15 is 0 Å². The highest BCUT2D eigenvalue weighted by atomic mass is 16.5. The number of benzene rings is 1. The molecule has 1 amide bonds. The van der Waals surface area contributed by atoms with Crippen LogP contribution < -0.4 is 5.32 Å². The Hall–Kier alpha value is -2.08. The molecule has 2 aromatic rings. The number of ether oxygens (including phenoxy) is 1. The van der Waals surface area contributed by atoms with Gasteiger partial charge in [0, 0.05) is 13.1 Å².